The molecule has 12 heteroatoms. The average molecular weight is 484 g/mol. The van der Waals surface area contributed by atoms with Crippen LogP contribution in [0.4, 0.5) is 23.2 Å². The first kappa shape index (κ1) is 22.3. The molecule has 4 aromatic rings. The molecule has 1 fully saturated rings. The standard InChI is InChI=1S/C23H16F4N6O2/c1-11(28)19-20(33(22(35)21(19)34)14-3-5-17-18(7-14)30-10-29-17)15-4-2-12(6-16(15)24)13-8-31-32(9-13)23(25,26)27/h2-10,20H,28H2,1H3,(H,29,30)/b19-11-. The molecular formula is C23H16F4N6O2. The number of amides is 1. The van der Waals surface area contributed by atoms with Crippen LogP contribution in [0.15, 0.2) is 66.4 Å². The van der Waals surface area contributed by atoms with Crippen molar-refractivity contribution in [3.63, 3.8) is 0 Å². The lowest BCUT2D eigenvalue weighted by atomic mass is 9.95. The average Bonchev–Trinajstić information content (AvgIpc) is 3.51. The number of alkyl halides is 3. The Morgan fingerprint density at radius 3 is 2.54 bits per heavy atom. The molecule has 2 aromatic heterocycles. The quantitative estimate of drug-likeness (QED) is 0.260. The minimum atomic E-state index is -4.71. The molecular weight excluding hydrogens is 468 g/mol. The number of hydrogen-bond acceptors (Lipinski definition) is 5. The Morgan fingerprint density at radius 2 is 1.89 bits per heavy atom. The van der Waals surface area contributed by atoms with Gasteiger partial charge in [0.15, 0.2) is 0 Å². The highest BCUT2D eigenvalue weighted by atomic mass is 19.4. The van der Waals surface area contributed by atoms with Crippen LogP contribution in [0.3, 0.4) is 0 Å². The maximum Gasteiger partial charge on any atom is 0.504 e. The molecule has 1 aliphatic heterocycles. The molecule has 1 aliphatic rings. The summed E-state index contributed by atoms with van der Waals surface area (Å²) in [5, 5.41) is 3.26. The van der Waals surface area contributed by atoms with E-state index in [1.54, 1.807) is 18.2 Å². The molecule has 1 amide bonds. The number of aromatic amines is 1. The second-order valence-corrected chi connectivity index (χ2v) is 7.99. The van der Waals surface area contributed by atoms with Crippen molar-refractivity contribution in [3.05, 3.63) is 77.8 Å². The van der Waals surface area contributed by atoms with Gasteiger partial charge in [-0.2, -0.15) is 9.78 Å². The van der Waals surface area contributed by atoms with Crippen LogP contribution in [0.5, 0.6) is 0 Å². The van der Waals surface area contributed by atoms with Gasteiger partial charge < -0.3 is 10.7 Å². The van der Waals surface area contributed by atoms with Crippen LogP contribution in [0.1, 0.15) is 18.5 Å². The van der Waals surface area contributed by atoms with Crippen LogP contribution in [0.25, 0.3) is 22.2 Å². The van der Waals surface area contributed by atoms with Gasteiger partial charge in [0.1, 0.15) is 5.82 Å². The summed E-state index contributed by atoms with van der Waals surface area (Å²) in [5.74, 6) is -2.58. The molecule has 1 atom stereocenters. The van der Waals surface area contributed by atoms with E-state index >= 15 is 4.39 Å². The normalized spacial score (nSPS) is 18.1. The smallest absolute Gasteiger partial charge is 0.402 e. The van der Waals surface area contributed by atoms with Gasteiger partial charge in [-0.1, -0.05) is 12.1 Å². The third kappa shape index (κ3) is 3.63. The number of fused-ring (bicyclic) bond motifs is 1. The van der Waals surface area contributed by atoms with E-state index in [4.69, 9.17) is 5.73 Å². The lowest BCUT2D eigenvalue weighted by Crippen LogP contribution is -2.29. The summed E-state index contributed by atoms with van der Waals surface area (Å²) < 4.78 is 53.9. The predicted octanol–water partition coefficient (Wildman–Crippen LogP) is 3.93. The zero-order chi connectivity index (χ0) is 25.1. The Hall–Kier alpha value is -4.48. The van der Waals surface area contributed by atoms with Crippen LogP contribution in [0, 0.1) is 5.82 Å². The number of hydrogen-bond donors (Lipinski definition) is 2. The first-order chi connectivity index (χ1) is 16.6. The molecule has 0 spiro atoms. The number of carbonyl (C=O) groups excluding carboxylic acids is 2. The van der Waals surface area contributed by atoms with Gasteiger partial charge in [0.2, 0.25) is 0 Å². The van der Waals surface area contributed by atoms with E-state index in [1.165, 1.54) is 25.4 Å². The molecule has 35 heavy (non-hydrogen) atoms. The Bertz CT molecular complexity index is 1530. The summed E-state index contributed by atoms with van der Waals surface area (Å²) in [4.78, 5) is 34.0. The SMILES string of the molecule is C/C(N)=C1/C(=O)C(=O)N(c2ccc3nc[nH]c3c2)C1c1ccc(-c2cnn(C(F)(F)F)c2)cc1F. The number of anilines is 1. The van der Waals surface area contributed by atoms with Crippen LogP contribution in [-0.2, 0) is 15.9 Å². The Labute approximate surface area is 194 Å². The van der Waals surface area contributed by atoms with E-state index in [-0.39, 0.29) is 32.6 Å². The van der Waals surface area contributed by atoms with E-state index in [9.17, 15) is 22.8 Å². The number of nitrogens with zero attached hydrogens (tertiary/aromatic N) is 4. The predicted molar refractivity (Wildman–Crippen MR) is 117 cm³/mol. The number of carbonyl (C=O) groups is 2. The van der Waals surface area contributed by atoms with Crippen molar-refractivity contribution in [1.29, 1.82) is 0 Å². The molecule has 1 saturated heterocycles. The minimum absolute atomic E-state index is 0.0404. The van der Waals surface area contributed by atoms with E-state index in [1.807, 2.05) is 0 Å². The number of rotatable bonds is 3. The molecule has 8 nitrogen and oxygen atoms in total. The molecule has 0 saturated carbocycles. The van der Waals surface area contributed by atoms with Gasteiger partial charge >= 0.3 is 6.30 Å². The van der Waals surface area contributed by atoms with Crippen molar-refractivity contribution < 1.29 is 27.2 Å². The van der Waals surface area contributed by atoms with Crippen molar-refractivity contribution in [2.75, 3.05) is 4.90 Å². The largest absolute Gasteiger partial charge is 0.504 e. The summed E-state index contributed by atoms with van der Waals surface area (Å²) in [6, 6.07) is 7.39. The van der Waals surface area contributed by atoms with Crippen molar-refractivity contribution in [1.82, 2.24) is 19.7 Å². The van der Waals surface area contributed by atoms with Gasteiger partial charge in [-0.25, -0.2) is 9.37 Å². The maximum atomic E-state index is 15.4. The third-order valence-electron chi connectivity index (χ3n) is 5.77. The second kappa shape index (κ2) is 7.79. The van der Waals surface area contributed by atoms with Gasteiger partial charge in [-0.05, 0) is 36.8 Å². The number of Topliss-reactive ketones (excluding diaryl/α,β-unsaturated/α-hetero) is 1. The summed E-state index contributed by atoms with van der Waals surface area (Å²) in [7, 11) is 0. The second-order valence-electron chi connectivity index (χ2n) is 7.99. The fourth-order valence-corrected chi connectivity index (χ4v) is 4.16. The van der Waals surface area contributed by atoms with Crippen LogP contribution in [0.2, 0.25) is 0 Å². The monoisotopic (exact) mass is 484 g/mol. The van der Waals surface area contributed by atoms with Crippen molar-refractivity contribution >= 4 is 28.4 Å². The van der Waals surface area contributed by atoms with Crippen molar-refractivity contribution in [3.8, 4) is 11.1 Å². The zero-order valence-corrected chi connectivity index (χ0v) is 18.0. The third-order valence-corrected chi connectivity index (χ3v) is 5.77. The molecule has 3 N–H and O–H groups in total. The fraction of sp³-hybridized carbons (Fsp3) is 0.130. The van der Waals surface area contributed by atoms with Gasteiger partial charge in [0, 0.05) is 28.7 Å². The lowest BCUT2D eigenvalue weighted by Gasteiger charge is -2.26. The molecule has 178 valence electrons. The Balaban J connectivity index is 1.62. The minimum Gasteiger partial charge on any atom is -0.402 e. The highest BCUT2D eigenvalue weighted by molar-refractivity contribution is 6.50. The van der Waals surface area contributed by atoms with Gasteiger partial charge in [0.25, 0.3) is 11.7 Å². The number of nitrogens with two attached hydrogens (primary N) is 1. The summed E-state index contributed by atoms with van der Waals surface area (Å²) in [6.45, 7) is 1.44. The van der Waals surface area contributed by atoms with Crippen LogP contribution in [-0.4, -0.2) is 31.4 Å². The number of halogens is 4. The van der Waals surface area contributed by atoms with Gasteiger partial charge in [0.05, 0.1) is 35.2 Å². The highest BCUT2D eigenvalue weighted by Gasteiger charge is 2.46. The van der Waals surface area contributed by atoms with Crippen LogP contribution >= 0.6 is 0 Å². The molecule has 2 aromatic carbocycles. The van der Waals surface area contributed by atoms with Gasteiger partial charge in [-0.15, -0.1) is 13.2 Å². The first-order valence-electron chi connectivity index (χ1n) is 10.2. The lowest BCUT2D eigenvalue weighted by molar-refractivity contribution is -0.212. The van der Waals surface area contributed by atoms with Crippen molar-refractivity contribution in [2.24, 2.45) is 5.73 Å². The molecule has 3 heterocycles. The Kier molecular flexibility index (Phi) is 4.97. The molecule has 0 aliphatic carbocycles. The fourth-order valence-electron chi connectivity index (χ4n) is 4.16. The summed E-state index contributed by atoms with van der Waals surface area (Å²) >= 11 is 0. The molecule has 1 unspecified atom stereocenters. The molecule has 0 bridgehead atoms. The highest BCUT2D eigenvalue weighted by Crippen LogP contribution is 2.42. The topological polar surface area (TPSA) is 110 Å². The van der Waals surface area contributed by atoms with E-state index < -0.39 is 29.8 Å². The summed E-state index contributed by atoms with van der Waals surface area (Å²) in [5.41, 5.74) is 7.59. The molecule has 0 radical (unpaired) electrons. The van der Waals surface area contributed by atoms with E-state index in [0.717, 1.165) is 23.4 Å². The number of benzene rings is 2. The number of allylic oxidation sites excluding steroid dienone is 1. The molecule has 5 rings (SSSR count). The number of aromatic nitrogens is 4. The maximum absolute atomic E-state index is 15.4. The number of imidazole rings is 1. The zero-order valence-electron chi connectivity index (χ0n) is 18.0. The van der Waals surface area contributed by atoms with Crippen molar-refractivity contribution in [2.45, 2.75) is 19.3 Å². The number of H-pyrrole nitrogens is 1. The Morgan fingerprint density at radius 1 is 1.11 bits per heavy atom. The number of nitrogens with one attached hydrogen (secondary N) is 1. The van der Waals surface area contributed by atoms with E-state index in [2.05, 4.69) is 15.1 Å². The van der Waals surface area contributed by atoms with Gasteiger partial charge in [-0.3, -0.25) is 14.5 Å². The number of ketones is 1. The first-order valence-corrected chi connectivity index (χ1v) is 10.2. The van der Waals surface area contributed by atoms with E-state index in [0.29, 0.717) is 16.7 Å². The summed E-state index contributed by atoms with van der Waals surface area (Å²) in [6.07, 6.45) is -1.54. The van der Waals surface area contributed by atoms with Crippen LogP contribution < -0.4 is 10.6 Å².